The van der Waals surface area contributed by atoms with Crippen LogP contribution in [0.1, 0.15) is 75.3 Å². The van der Waals surface area contributed by atoms with Gasteiger partial charge in [0.2, 0.25) is 5.96 Å². The first-order valence-electron chi connectivity index (χ1n) is 18.0. The molecule has 1 heterocycles. The Labute approximate surface area is 295 Å². The van der Waals surface area contributed by atoms with Gasteiger partial charge in [-0.05, 0) is 86.9 Å². The summed E-state index contributed by atoms with van der Waals surface area (Å²) in [7, 11) is -3.99. The highest BCUT2D eigenvalue weighted by atomic mass is 32.2. The van der Waals surface area contributed by atoms with E-state index in [0.29, 0.717) is 17.5 Å². The molecule has 0 bridgehead atoms. The lowest BCUT2D eigenvalue weighted by atomic mass is 9.91. The van der Waals surface area contributed by atoms with E-state index in [4.69, 9.17) is 9.98 Å². The second-order valence-corrected chi connectivity index (χ2v) is 15.6. The molecule has 0 spiro atoms. The summed E-state index contributed by atoms with van der Waals surface area (Å²) in [4.78, 5) is 13.1. The number of nitrogens with zero attached hydrogens (tertiary/aromatic N) is 3. The molecule has 7 rings (SSSR count). The average molecular weight is 689 g/mol. The Kier molecular flexibility index (Phi) is 9.99. The number of benzene rings is 4. The van der Waals surface area contributed by atoms with Gasteiger partial charge in [-0.2, -0.15) is 0 Å². The smallest absolute Gasteiger partial charge is 0.264 e. The fraction of sp³-hybridized carbons (Fsp3) is 0.333. The predicted molar refractivity (Wildman–Crippen MR) is 202 cm³/mol. The van der Waals surface area contributed by atoms with E-state index < -0.39 is 10.0 Å². The number of pyridine rings is 1. The Morgan fingerprint density at radius 3 is 1.92 bits per heavy atom. The van der Waals surface area contributed by atoms with Crippen molar-refractivity contribution in [3.05, 3.63) is 114 Å². The van der Waals surface area contributed by atoms with E-state index in [1.807, 2.05) is 31.2 Å². The number of hydrogen-bond donors (Lipinski definition) is 1. The van der Waals surface area contributed by atoms with Gasteiger partial charge in [0.1, 0.15) is 11.6 Å². The monoisotopic (exact) mass is 688 g/mol. The largest absolute Gasteiger partial charge is 0.293 e. The molecule has 2 aliphatic carbocycles. The molecule has 0 aliphatic heterocycles. The van der Waals surface area contributed by atoms with Crippen LogP contribution < -0.4 is 9.62 Å². The first-order valence-corrected chi connectivity index (χ1v) is 19.5. The van der Waals surface area contributed by atoms with Crippen LogP contribution in [0.15, 0.2) is 107 Å². The van der Waals surface area contributed by atoms with Gasteiger partial charge in [0.15, 0.2) is 0 Å². The van der Waals surface area contributed by atoms with Crippen LogP contribution in [0.4, 0.5) is 10.2 Å². The second-order valence-electron chi connectivity index (χ2n) is 13.9. The normalized spacial score (nSPS) is 16.4. The van der Waals surface area contributed by atoms with Crippen LogP contribution in [0.5, 0.6) is 0 Å². The van der Waals surface area contributed by atoms with Crippen molar-refractivity contribution in [2.24, 2.45) is 4.99 Å². The summed E-state index contributed by atoms with van der Waals surface area (Å²) < 4.78 is 45.7. The number of anilines is 1. The Morgan fingerprint density at radius 2 is 1.28 bits per heavy atom. The number of aromatic nitrogens is 1. The van der Waals surface area contributed by atoms with Gasteiger partial charge < -0.3 is 0 Å². The van der Waals surface area contributed by atoms with Crippen molar-refractivity contribution in [1.82, 2.24) is 9.71 Å². The number of nitrogens with one attached hydrogen (secondary N) is 1. The van der Waals surface area contributed by atoms with Crippen molar-refractivity contribution < 1.29 is 12.8 Å². The molecular formula is C42H45FN4O2S. The minimum Gasteiger partial charge on any atom is -0.293 e. The molecule has 0 amide bonds. The predicted octanol–water partition coefficient (Wildman–Crippen LogP) is 10.1. The topological polar surface area (TPSA) is 74.7 Å². The van der Waals surface area contributed by atoms with Gasteiger partial charge in [0, 0.05) is 22.6 Å². The number of aliphatic imine (C=N–C) groups is 1. The molecule has 0 unspecified atom stereocenters. The number of fused-ring (bicyclic) bond motifs is 1. The van der Waals surface area contributed by atoms with Gasteiger partial charge in [0.05, 0.1) is 16.6 Å². The lowest BCUT2D eigenvalue weighted by Crippen LogP contribution is -2.51. The molecule has 5 aromatic rings. The third-order valence-electron chi connectivity index (χ3n) is 10.2. The van der Waals surface area contributed by atoms with E-state index in [-0.39, 0.29) is 22.8 Å². The Bertz CT molecular complexity index is 2080. The molecule has 2 saturated carbocycles. The van der Waals surface area contributed by atoms with E-state index in [1.54, 1.807) is 24.3 Å². The van der Waals surface area contributed by atoms with Crippen LogP contribution in [-0.4, -0.2) is 31.4 Å². The van der Waals surface area contributed by atoms with Crippen molar-refractivity contribution in [1.29, 1.82) is 0 Å². The molecule has 258 valence electrons. The summed E-state index contributed by atoms with van der Waals surface area (Å²) >= 11 is 0. The molecule has 6 nitrogen and oxygen atoms in total. The van der Waals surface area contributed by atoms with Crippen LogP contribution in [0.25, 0.3) is 33.2 Å². The van der Waals surface area contributed by atoms with Crippen LogP contribution in [0, 0.1) is 19.7 Å². The summed E-state index contributed by atoms with van der Waals surface area (Å²) in [5.41, 5.74) is 5.59. The molecule has 0 saturated heterocycles. The Hall–Kier alpha value is -4.56. The fourth-order valence-corrected chi connectivity index (χ4v) is 8.46. The molecule has 8 heteroatoms. The lowest BCUT2D eigenvalue weighted by molar-refractivity contribution is 0.428. The summed E-state index contributed by atoms with van der Waals surface area (Å²) in [6.45, 7) is 4.01. The van der Waals surface area contributed by atoms with Crippen molar-refractivity contribution >= 4 is 32.6 Å². The number of halogens is 1. The van der Waals surface area contributed by atoms with Crippen LogP contribution in [0.3, 0.4) is 0 Å². The molecule has 4 aromatic carbocycles. The molecule has 0 atom stereocenters. The van der Waals surface area contributed by atoms with Gasteiger partial charge in [0.25, 0.3) is 10.0 Å². The Balaban J connectivity index is 1.49. The zero-order valence-electron chi connectivity index (χ0n) is 28.9. The third-order valence-corrected chi connectivity index (χ3v) is 11.5. The number of hydrogen-bond acceptors (Lipinski definition) is 4. The highest BCUT2D eigenvalue weighted by Gasteiger charge is 2.33. The van der Waals surface area contributed by atoms with Gasteiger partial charge in [-0.25, -0.2) is 27.5 Å². The molecule has 2 aliphatic rings. The average Bonchev–Trinajstić information content (AvgIpc) is 3.13. The third kappa shape index (κ3) is 7.31. The summed E-state index contributed by atoms with van der Waals surface area (Å²) in [6, 6.07) is 30.0. The van der Waals surface area contributed by atoms with Crippen molar-refractivity contribution in [3.8, 4) is 22.4 Å². The van der Waals surface area contributed by atoms with Crippen LogP contribution >= 0.6 is 0 Å². The highest BCUT2D eigenvalue weighted by Crippen LogP contribution is 2.42. The van der Waals surface area contributed by atoms with E-state index in [1.165, 1.54) is 12.1 Å². The minimum absolute atomic E-state index is 0.000207. The zero-order chi connectivity index (χ0) is 34.7. The number of rotatable bonds is 7. The maximum absolute atomic E-state index is 14.3. The first kappa shape index (κ1) is 33.9. The maximum Gasteiger partial charge on any atom is 0.264 e. The van der Waals surface area contributed by atoms with E-state index in [9.17, 15) is 12.8 Å². The van der Waals surface area contributed by atoms with Gasteiger partial charge >= 0.3 is 0 Å². The summed E-state index contributed by atoms with van der Waals surface area (Å²) in [5, 5.41) is 1.89. The van der Waals surface area contributed by atoms with Crippen LogP contribution in [0.2, 0.25) is 0 Å². The SMILES string of the molecule is Cc1ccc(-c2c(-c3ccc(F)cc3)nc(N(C(=NC3CCCCC3)NS(=O)(=O)c3ccc(C)cc3)C3CCCCC3)c3ccccc23)cc1. The molecule has 1 N–H and O–H groups in total. The van der Waals surface area contributed by atoms with Gasteiger partial charge in [-0.1, -0.05) is 110 Å². The van der Waals surface area contributed by atoms with Gasteiger partial charge in [-0.3, -0.25) is 4.90 Å². The second kappa shape index (κ2) is 14.7. The first-order chi connectivity index (χ1) is 24.3. The van der Waals surface area contributed by atoms with Crippen molar-refractivity contribution in [2.75, 3.05) is 4.90 Å². The molecule has 50 heavy (non-hydrogen) atoms. The zero-order valence-corrected chi connectivity index (χ0v) is 29.7. The standard InChI is InChI=1S/C42H45FN4O2S/c1-29-17-21-31(22-18-29)39-37-15-9-10-16-38(37)41(45-40(39)32-23-25-33(43)26-24-32)47(35-13-7-4-8-14-35)42(44-34-11-5-3-6-12-34)46-50(48,49)36-27-19-30(2)20-28-36/h9-10,15-28,34-35H,3-8,11-14H2,1-2H3,(H,44,46). The fourth-order valence-electron chi connectivity index (χ4n) is 7.46. The van der Waals surface area contributed by atoms with Crippen molar-refractivity contribution in [2.45, 2.75) is 95.0 Å². The lowest BCUT2D eigenvalue weighted by Gasteiger charge is -2.37. The Morgan fingerprint density at radius 1 is 0.720 bits per heavy atom. The molecule has 2 fully saturated rings. The molecule has 1 aromatic heterocycles. The van der Waals surface area contributed by atoms with Gasteiger partial charge in [-0.15, -0.1) is 0 Å². The summed E-state index contributed by atoms with van der Waals surface area (Å²) in [5.74, 6) is 0.668. The van der Waals surface area contributed by atoms with E-state index in [0.717, 1.165) is 103 Å². The van der Waals surface area contributed by atoms with E-state index in [2.05, 4.69) is 52.9 Å². The molecular weight excluding hydrogens is 644 g/mol. The maximum atomic E-state index is 14.3. The summed E-state index contributed by atoms with van der Waals surface area (Å²) in [6.07, 6.45) is 10.1. The number of guanidine groups is 1. The minimum atomic E-state index is -3.99. The number of aryl methyl sites for hydroxylation is 2. The quantitative estimate of drug-likeness (QED) is 0.136. The highest BCUT2D eigenvalue weighted by molar-refractivity contribution is 7.90. The van der Waals surface area contributed by atoms with Crippen LogP contribution in [-0.2, 0) is 10.0 Å². The van der Waals surface area contributed by atoms with E-state index >= 15 is 0 Å². The van der Waals surface area contributed by atoms with Crippen molar-refractivity contribution in [3.63, 3.8) is 0 Å². The molecule has 0 radical (unpaired) electrons. The number of sulfonamides is 1.